The van der Waals surface area contributed by atoms with E-state index < -0.39 is 124 Å². The van der Waals surface area contributed by atoms with Gasteiger partial charge in [0.05, 0.1) is 140 Å². The Morgan fingerprint density at radius 3 is 1.04 bits per heavy atom. The van der Waals surface area contributed by atoms with Crippen LogP contribution >= 0.6 is 12.4 Å². The zero-order valence-corrected chi connectivity index (χ0v) is 85.7. The Labute approximate surface area is 795 Å². The molecule has 0 aliphatic carbocycles. The molecule has 43 nitrogen and oxygen atoms in total. The lowest BCUT2D eigenvalue weighted by atomic mass is 9.80. The molecule has 0 unspecified atom stereocenters. The summed E-state index contributed by atoms with van der Waals surface area (Å²) < 4.78 is 110. The number of halogens is 1. The molecule has 7 rings (SSSR count). The number of rotatable bonds is 34. The number of carboxylic acids is 1. The fourth-order valence-electron chi connectivity index (χ4n) is 10.6. The van der Waals surface area contributed by atoms with Crippen LogP contribution in [0.25, 0.3) is 0 Å². The molecule has 0 spiro atoms. The molecular formula is C86H163ClN10O33S3. The first-order valence-electron chi connectivity index (χ1n) is 42.9. The van der Waals surface area contributed by atoms with Crippen molar-refractivity contribution in [2.24, 2.45) is 58.6 Å². The quantitative estimate of drug-likeness (QED) is 0.00650. The summed E-state index contributed by atoms with van der Waals surface area (Å²) in [4.78, 5) is 108. The molecule has 0 aromatic heterocycles. The minimum atomic E-state index is -4.86. The van der Waals surface area contributed by atoms with Crippen LogP contribution in [0.15, 0.2) is 60.7 Å². The Morgan fingerprint density at radius 1 is 0.504 bits per heavy atom. The summed E-state index contributed by atoms with van der Waals surface area (Å²) in [6, 6.07) is 16.9. The van der Waals surface area contributed by atoms with E-state index in [1.807, 2.05) is 102 Å². The fourth-order valence-corrected chi connectivity index (χ4v) is 12.0. The van der Waals surface area contributed by atoms with E-state index in [1.54, 1.807) is 69.2 Å². The lowest BCUT2D eigenvalue weighted by Gasteiger charge is -2.50. The van der Waals surface area contributed by atoms with Gasteiger partial charge in [-0.2, -0.15) is 36.3 Å². The molecule has 6 amide bonds. The maximum atomic E-state index is 11.6. The molecule has 0 bridgehead atoms. The standard InChI is InChI=1S/C16H36N.C13H19NO3.C13H17NO2.C6H11NO5S.C6H11NO2.C6H12O3.C6H14O2.2C5H10N2O5S.C5H10O3.C4H9NO3.CH4.ClH/c1-5-9-13-17(14-10-6-2,15-11-7-3)16-12-8-4;1-10(13(2,3)16)12(15)14-17-9-11-7-5-4-6-8-11;1-10-12(15)14(13(10,2)3)16-9-11-7-5-4-6-8-11;1-4-5(8)7(6(4,2)3)12-13(9,10)11;1-4-5(8)7(9)6(4,2)3;1-4(5(7)8)6(2,3)9;1-5(4-7)6(2,3)8;2*1-5(2)3(6)4(8)7(5)12-13(9,10)11;1-4(3-6)5(7)8-2;1-8-4(7)3(5)2-6;;/h5-16H2,1-4H3;4-8,10,16H,9H2,1-3H3,(H,14,15);4-8,10H,9H2,1-3H3;4H,1-3H3,(H,9,10,11);4,9H,1-3H3;4,9H,1-3H3,(H,7,8);5,7-8H,4H2,1-3H3;2*3H,6H2,1-2H3,(H,9,10,11);4,6H,3H2,1-2H3;3,6H,2,5H2,1H3;1H4;1H/q+1;;;;;;;;;;;;/p-1/t;2*10-;3*4-;5-;2*3-;4-;3-;;/m.1111111111../s1. The molecule has 2 aromatic rings. The van der Waals surface area contributed by atoms with Gasteiger partial charge >= 0.3 is 38.7 Å². The SMILES string of the molecule is C.CC1(C)[C@H](N)C(=O)N1OS(=O)(=O)O.CC1(C)[C@H](N)C(=O)N1OS(=O)(=O)O.CCCC[N+](CCCC)(CCCC)CCCC.COC(=O)[C@H](C)CO.COC(=O)[C@H](N)CO.C[C@@H]1C(=O)N(O)C1(C)C.C[C@@H]1C(=O)N(OCc2ccccc2)C1(C)C.C[C@@H]1C(=O)N(OS(=O)(=O)[O-])C1(C)C.C[C@H](C(=O)NOCc1ccccc1)C(C)(C)O.C[C@H](C(=O)O)C(C)(C)O.C[C@H](CO)C(C)(C)O.Cl. The Balaban J connectivity index is -0.000000337. The number of quaternary nitrogens is 1. The maximum absolute atomic E-state index is 11.6. The molecule has 10 atom stereocenters. The fraction of sp³-hybridized carbons (Fsp3) is 0.756. The lowest BCUT2D eigenvalue weighted by Crippen LogP contribution is -2.74. The second-order valence-corrected chi connectivity index (χ2v) is 39.4. The number of ether oxygens (including phenoxy) is 2. The van der Waals surface area contributed by atoms with E-state index >= 15 is 0 Å². The number of nitrogens with two attached hydrogens (primary N) is 3. The van der Waals surface area contributed by atoms with Gasteiger partial charge in [0.2, 0.25) is 16.3 Å². The van der Waals surface area contributed by atoms with Crippen LogP contribution in [0.4, 0.5) is 0 Å². The number of aliphatic hydroxyl groups excluding tert-OH is 3. The number of nitrogens with one attached hydrogen (secondary N) is 1. The zero-order chi connectivity index (χ0) is 104. The average molecular weight is 2000 g/mol. The van der Waals surface area contributed by atoms with Gasteiger partial charge < -0.3 is 71.5 Å². The van der Waals surface area contributed by atoms with Crippen molar-refractivity contribution in [1.29, 1.82) is 0 Å². The van der Waals surface area contributed by atoms with Crippen molar-refractivity contribution >= 4 is 97.0 Å². The molecule has 780 valence electrons. The zero-order valence-electron chi connectivity index (χ0n) is 82.5. The highest BCUT2D eigenvalue weighted by Crippen LogP contribution is 2.40. The second kappa shape index (κ2) is 60.7. The summed E-state index contributed by atoms with van der Waals surface area (Å²) in [5, 5.41) is 74.1. The highest BCUT2D eigenvalue weighted by Gasteiger charge is 2.58. The highest BCUT2D eigenvalue weighted by molar-refractivity contribution is 7.81. The predicted molar refractivity (Wildman–Crippen MR) is 496 cm³/mol. The number of unbranched alkanes of at least 4 members (excludes halogenated alkanes) is 4. The number of benzene rings is 2. The van der Waals surface area contributed by atoms with Gasteiger partial charge in [0.15, 0.2) is 0 Å². The number of hydrogen-bond acceptors (Lipinski definition) is 33. The maximum Gasteiger partial charge on any atom is 0.418 e. The molecule has 5 fully saturated rings. The Hall–Kier alpha value is -6.95. The van der Waals surface area contributed by atoms with Gasteiger partial charge in [0, 0.05) is 12.5 Å². The van der Waals surface area contributed by atoms with E-state index in [4.69, 9.17) is 71.8 Å². The molecule has 0 radical (unpaired) electrons. The molecule has 5 heterocycles. The van der Waals surface area contributed by atoms with Crippen LogP contribution in [0.3, 0.4) is 0 Å². The number of nitrogens with zero attached hydrogens (tertiary/aromatic N) is 6. The topological polar surface area (TPSA) is 652 Å². The van der Waals surface area contributed by atoms with Gasteiger partial charge in [-0.1, -0.05) is 156 Å². The minimum Gasteiger partial charge on any atom is -0.724 e. The van der Waals surface area contributed by atoms with Crippen LogP contribution in [-0.2, 0) is 120 Å². The third kappa shape index (κ3) is 47.8. The van der Waals surface area contributed by atoms with Crippen molar-refractivity contribution in [3.05, 3.63) is 71.8 Å². The van der Waals surface area contributed by atoms with E-state index in [0.717, 1.165) is 16.2 Å². The van der Waals surface area contributed by atoms with Gasteiger partial charge in [-0.05, 0) is 161 Å². The van der Waals surface area contributed by atoms with Crippen molar-refractivity contribution in [3.8, 4) is 0 Å². The number of hydroxylamine groups is 11. The third-order valence-electron chi connectivity index (χ3n) is 22.8. The molecule has 5 saturated heterocycles. The van der Waals surface area contributed by atoms with Gasteiger partial charge in [-0.25, -0.2) is 24.0 Å². The molecule has 17 N–H and O–H groups in total. The summed E-state index contributed by atoms with van der Waals surface area (Å²) in [6.45, 7) is 53.8. The van der Waals surface area contributed by atoms with Crippen LogP contribution in [0.5, 0.6) is 0 Å². The molecule has 2 aromatic carbocycles. The molecule has 5 aliphatic heterocycles. The number of amides is 6. The monoisotopic (exact) mass is 2000 g/mol. The number of carbonyl (C=O) groups is 9. The van der Waals surface area contributed by atoms with Gasteiger partial charge in [-0.15, -0.1) is 21.0 Å². The van der Waals surface area contributed by atoms with Crippen molar-refractivity contribution < 1.29 is 159 Å². The largest absolute Gasteiger partial charge is 0.724 e. The van der Waals surface area contributed by atoms with Crippen LogP contribution in [0, 0.1) is 41.4 Å². The first-order chi connectivity index (χ1) is 59.4. The predicted octanol–water partition coefficient (Wildman–Crippen LogP) is 6.81. The smallest absolute Gasteiger partial charge is 0.418 e. The lowest BCUT2D eigenvalue weighted by molar-refractivity contribution is -0.929. The first-order valence-corrected chi connectivity index (χ1v) is 47.0. The van der Waals surface area contributed by atoms with Crippen LogP contribution in [-0.4, -0.2) is 286 Å². The average Bonchev–Trinajstić information content (AvgIpc) is 0.828. The summed E-state index contributed by atoms with van der Waals surface area (Å²) >= 11 is 0. The van der Waals surface area contributed by atoms with E-state index in [2.05, 4.69) is 55.5 Å². The van der Waals surface area contributed by atoms with Crippen molar-refractivity contribution in [1.82, 2.24) is 30.8 Å². The van der Waals surface area contributed by atoms with Crippen LogP contribution < -0.4 is 22.7 Å². The first kappa shape index (κ1) is 137. The highest BCUT2D eigenvalue weighted by atomic mass is 35.5. The normalized spacial score (nSPS) is 19.7. The van der Waals surface area contributed by atoms with Gasteiger partial charge in [0.1, 0.15) is 24.7 Å². The molecule has 47 heteroatoms. The summed E-state index contributed by atoms with van der Waals surface area (Å²) in [5.41, 5.74) is 14.1. The number of aliphatic carboxylic acids is 1. The summed E-state index contributed by atoms with van der Waals surface area (Å²) in [6.07, 6.45) is 11.1. The number of aliphatic hydroxyl groups is 6. The molecular weight excluding hydrogens is 1830 g/mol. The van der Waals surface area contributed by atoms with Crippen LogP contribution in [0.2, 0.25) is 0 Å². The van der Waals surface area contributed by atoms with E-state index in [1.165, 1.54) is 150 Å². The third-order valence-corrected chi connectivity index (χ3v) is 23.8. The Kier molecular flexibility index (Phi) is 62.4. The summed E-state index contributed by atoms with van der Waals surface area (Å²) in [7, 11) is -11.7. The number of methoxy groups -OCH3 is 2. The van der Waals surface area contributed by atoms with Crippen LogP contribution in [0.1, 0.15) is 257 Å². The molecule has 0 saturated carbocycles. The minimum absolute atomic E-state index is 0. The number of hydrogen-bond donors (Lipinski definition) is 14. The van der Waals surface area contributed by atoms with Crippen molar-refractivity contribution in [3.63, 3.8) is 0 Å². The van der Waals surface area contributed by atoms with Gasteiger partial charge in [-0.3, -0.25) is 67.1 Å². The summed E-state index contributed by atoms with van der Waals surface area (Å²) in [5.74, 6) is -6.22. The number of carboxylic acid groups (broad SMARTS) is 1. The molecule has 133 heavy (non-hydrogen) atoms. The Bertz CT molecular complexity index is 3910. The van der Waals surface area contributed by atoms with Crippen molar-refractivity contribution in [2.75, 3.05) is 60.2 Å². The number of esters is 2. The van der Waals surface area contributed by atoms with Crippen molar-refractivity contribution in [2.45, 2.75) is 322 Å². The van der Waals surface area contributed by atoms with E-state index in [-0.39, 0.29) is 104 Å². The number of carbonyl (C=O) groups excluding carboxylic acids is 8. The van der Waals surface area contributed by atoms with Gasteiger partial charge in [0.25, 0.3) is 29.5 Å². The van der Waals surface area contributed by atoms with E-state index in [0.29, 0.717) is 28.4 Å². The van der Waals surface area contributed by atoms with E-state index in [9.17, 15) is 78.1 Å². The molecule has 5 aliphatic rings. The number of β-lactam (4-membered cyclic amide) rings is 5. The Morgan fingerprint density at radius 2 is 0.827 bits per heavy atom. The second-order valence-electron chi connectivity index (χ2n) is 36.5.